The van der Waals surface area contributed by atoms with Gasteiger partial charge in [0.05, 0.1) is 16.4 Å². The minimum atomic E-state index is -4.48. The number of hydrogen-bond acceptors (Lipinski definition) is 6. The number of thiophene rings is 1. The molecule has 1 aromatic carbocycles. The monoisotopic (exact) mass is 647 g/mol. The van der Waals surface area contributed by atoms with E-state index in [1.165, 1.54) is 22.3 Å². The summed E-state index contributed by atoms with van der Waals surface area (Å²) in [4.78, 5) is 42.0. The van der Waals surface area contributed by atoms with Crippen LogP contribution in [0.3, 0.4) is 0 Å². The Morgan fingerprint density at radius 3 is 2.45 bits per heavy atom. The number of carbonyl (C=O) groups is 3. The Kier molecular flexibility index (Phi) is 10.2. The third kappa shape index (κ3) is 8.69. The van der Waals surface area contributed by atoms with Crippen molar-refractivity contribution in [1.29, 1.82) is 0 Å². The molecule has 2 saturated heterocycles. The molecule has 0 saturated carbocycles. The van der Waals surface area contributed by atoms with Gasteiger partial charge in [-0.25, -0.2) is 13.2 Å². The number of hydrogen-bond donors (Lipinski definition) is 3. The third-order valence-electron chi connectivity index (χ3n) is 6.83. The van der Waals surface area contributed by atoms with Crippen LogP contribution in [0.4, 0.5) is 23.7 Å². The van der Waals surface area contributed by atoms with E-state index in [0.717, 1.165) is 29.7 Å². The molecule has 3 N–H and O–H groups in total. The number of amides is 4. The Morgan fingerprint density at radius 1 is 1.07 bits per heavy atom. The van der Waals surface area contributed by atoms with Crippen molar-refractivity contribution < 1.29 is 36.0 Å². The Balaban J connectivity index is 1.27. The number of piperidine rings is 1. The van der Waals surface area contributed by atoms with Gasteiger partial charge in [0.2, 0.25) is 21.8 Å². The number of nitrogens with zero attached hydrogens (tertiary/aromatic N) is 2. The van der Waals surface area contributed by atoms with Crippen molar-refractivity contribution in [3.8, 4) is 0 Å². The van der Waals surface area contributed by atoms with Crippen LogP contribution in [0.15, 0.2) is 41.8 Å². The van der Waals surface area contributed by atoms with Gasteiger partial charge in [0.1, 0.15) is 6.04 Å². The summed E-state index contributed by atoms with van der Waals surface area (Å²) in [6.07, 6.45) is -0.984. The SMILES string of the molecule is O=C(NC[C@H]1CCCN1C(=O)CN1CCC[C@H](NS(=O)(=O)/C=C/c2ccc(Cl)s2)C1=O)Nc1ccc(C(F)(F)F)cc1. The summed E-state index contributed by atoms with van der Waals surface area (Å²) < 4.78 is 66.2. The zero-order chi connectivity index (χ0) is 30.5. The number of carbonyl (C=O) groups excluding carboxylic acids is 3. The standard InChI is InChI=1S/C26H29ClF3N5O5S2/c27-22-10-9-20(41-22)11-14-42(39,40)33-21-4-2-12-34(24(21)37)16-23(36)35-13-1-3-19(35)15-31-25(38)32-18-7-5-17(6-8-18)26(28,29)30/h5-11,14,19,21,33H,1-4,12-13,15-16H2,(H2,31,32,38)/b14-11+/t19-,21+/m1/s1. The van der Waals surface area contributed by atoms with Crippen LogP contribution in [-0.2, 0) is 25.8 Å². The number of rotatable bonds is 9. The van der Waals surface area contributed by atoms with Gasteiger partial charge in [-0.2, -0.15) is 17.9 Å². The molecule has 0 radical (unpaired) electrons. The number of sulfonamides is 1. The van der Waals surface area contributed by atoms with Crippen LogP contribution >= 0.6 is 22.9 Å². The highest BCUT2D eigenvalue weighted by Crippen LogP contribution is 2.30. The molecule has 1 aromatic heterocycles. The number of likely N-dealkylation sites (tertiary alicyclic amines) is 2. The molecule has 42 heavy (non-hydrogen) atoms. The maximum atomic E-state index is 13.1. The van der Waals surface area contributed by atoms with Crippen molar-refractivity contribution in [3.05, 3.63) is 56.6 Å². The van der Waals surface area contributed by atoms with E-state index in [9.17, 15) is 36.0 Å². The first-order valence-electron chi connectivity index (χ1n) is 13.1. The fraction of sp³-hybridized carbons (Fsp3) is 0.423. The summed E-state index contributed by atoms with van der Waals surface area (Å²) in [6, 6.07) is 5.37. The normalized spacial score (nSPS) is 19.9. The Morgan fingerprint density at radius 2 is 1.79 bits per heavy atom. The van der Waals surface area contributed by atoms with Crippen molar-refractivity contribution in [3.63, 3.8) is 0 Å². The first-order valence-corrected chi connectivity index (χ1v) is 15.8. The summed E-state index contributed by atoms with van der Waals surface area (Å²) in [5.41, 5.74) is -0.652. The lowest BCUT2D eigenvalue weighted by Crippen LogP contribution is -2.55. The molecule has 228 valence electrons. The molecule has 0 spiro atoms. The molecule has 16 heteroatoms. The molecule has 2 aromatic rings. The van der Waals surface area contributed by atoms with Gasteiger partial charge in [0.15, 0.2) is 0 Å². The van der Waals surface area contributed by atoms with E-state index in [1.54, 1.807) is 17.0 Å². The number of halogens is 4. The van der Waals surface area contributed by atoms with E-state index in [0.29, 0.717) is 48.0 Å². The topological polar surface area (TPSA) is 128 Å². The van der Waals surface area contributed by atoms with E-state index in [-0.39, 0.29) is 30.7 Å². The molecular weight excluding hydrogens is 619 g/mol. The number of anilines is 1. The number of urea groups is 1. The molecule has 4 rings (SSSR count). The zero-order valence-electron chi connectivity index (χ0n) is 22.2. The molecule has 2 atom stereocenters. The predicted molar refractivity (Wildman–Crippen MR) is 153 cm³/mol. The number of benzene rings is 1. The molecule has 2 fully saturated rings. The third-order valence-corrected chi connectivity index (χ3v) is 9.14. The second-order valence-corrected chi connectivity index (χ2v) is 13.2. The van der Waals surface area contributed by atoms with Gasteiger partial charge >= 0.3 is 12.2 Å². The van der Waals surface area contributed by atoms with Crippen LogP contribution in [0.2, 0.25) is 4.34 Å². The van der Waals surface area contributed by atoms with Gasteiger partial charge in [-0.05, 0) is 68.2 Å². The molecule has 10 nitrogen and oxygen atoms in total. The van der Waals surface area contributed by atoms with E-state index in [1.807, 2.05) is 0 Å². The summed E-state index contributed by atoms with van der Waals surface area (Å²) in [7, 11) is -3.93. The summed E-state index contributed by atoms with van der Waals surface area (Å²) in [5.74, 6) is -0.815. The Labute approximate surface area is 249 Å². The van der Waals surface area contributed by atoms with Crippen LogP contribution in [0.5, 0.6) is 0 Å². The van der Waals surface area contributed by atoms with E-state index in [2.05, 4.69) is 15.4 Å². The van der Waals surface area contributed by atoms with Gasteiger partial charge in [0.25, 0.3) is 0 Å². The first kappa shape index (κ1) is 31.8. The largest absolute Gasteiger partial charge is 0.416 e. The predicted octanol–water partition coefficient (Wildman–Crippen LogP) is 4.11. The van der Waals surface area contributed by atoms with Crippen LogP contribution in [0, 0.1) is 0 Å². The van der Waals surface area contributed by atoms with Gasteiger partial charge in [0, 0.05) is 41.6 Å². The minimum absolute atomic E-state index is 0.108. The molecule has 4 amide bonds. The fourth-order valence-corrected chi connectivity index (χ4v) is 6.85. The van der Waals surface area contributed by atoms with Gasteiger partial charge < -0.3 is 20.4 Å². The molecule has 2 aliphatic heterocycles. The Hall–Kier alpha value is -3.14. The zero-order valence-corrected chi connectivity index (χ0v) is 24.6. The molecule has 0 aliphatic carbocycles. The van der Waals surface area contributed by atoms with Crippen molar-refractivity contribution in [2.75, 3.05) is 31.5 Å². The van der Waals surface area contributed by atoms with Crippen molar-refractivity contribution in [1.82, 2.24) is 19.8 Å². The van der Waals surface area contributed by atoms with E-state index in [4.69, 9.17) is 11.6 Å². The molecule has 0 bridgehead atoms. The average Bonchev–Trinajstić information content (AvgIpc) is 3.57. The summed E-state index contributed by atoms with van der Waals surface area (Å²) in [5, 5.41) is 6.07. The summed E-state index contributed by atoms with van der Waals surface area (Å²) >= 11 is 7.07. The smallest absolute Gasteiger partial charge is 0.336 e. The van der Waals surface area contributed by atoms with Crippen LogP contribution < -0.4 is 15.4 Å². The molecular formula is C26H29ClF3N5O5S2. The minimum Gasteiger partial charge on any atom is -0.336 e. The quantitative estimate of drug-likeness (QED) is 0.378. The maximum absolute atomic E-state index is 13.1. The van der Waals surface area contributed by atoms with Crippen molar-refractivity contribution in [2.24, 2.45) is 0 Å². The molecule has 0 unspecified atom stereocenters. The first-order chi connectivity index (χ1) is 19.8. The van der Waals surface area contributed by atoms with Crippen LogP contribution in [-0.4, -0.2) is 74.3 Å². The van der Waals surface area contributed by atoms with Gasteiger partial charge in [-0.1, -0.05) is 11.6 Å². The average molecular weight is 648 g/mol. The maximum Gasteiger partial charge on any atom is 0.416 e. The highest BCUT2D eigenvalue weighted by Gasteiger charge is 2.35. The second-order valence-electron chi connectivity index (χ2n) is 9.86. The second kappa shape index (κ2) is 13.4. The summed E-state index contributed by atoms with van der Waals surface area (Å²) in [6.45, 7) is 0.616. The fourth-order valence-electron chi connectivity index (χ4n) is 4.78. The highest BCUT2D eigenvalue weighted by molar-refractivity contribution is 7.92. The lowest BCUT2D eigenvalue weighted by molar-refractivity contribution is -0.143. The van der Waals surface area contributed by atoms with Gasteiger partial charge in [-0.3, -0.25) is 9.59 Å². The lowest BCUT2D eigenvalue weighted by atomic mass is 10.1. The molecule has 3 heterocycles. The lowest BCUT2D eigenvalue weighted by Gasteiger charge is -2.34. The number of nitrogens with one attached hydrogen (secondary N) is 3. The van der Waals surface area contributed by atoms with Crippen molar-refractivity contribution >= 4 is 62.6 Å². The molecule has 2 aliphatic rings. The van der Waals surface area contributed by atoms with Gasteiger partial charge in [-0.15, -0.1) is 11.3 Å². The van der Waals surface area contributed by atoms with Crippen LogP contribution in [0.25, 0.3) is 6.08 Å². The Bertz CT molecular complexity index is 1430. The highest BCUT2D eigenvalue weighted by atomic mass is 35.5. The van der Waals surface area contributed by atoms with E-state index >= 15 is 0 Å². The van der Waals surface area contributed by atoms with Crippen molar-refractivity contribution in [2.45, 2.75) is 43.9 Å². The van der Waals surface area contributed by atoms with Crippen LogP contribution in [0.1, 0.15) is 36.1 Å². The number of alkyl halides is 3. The van der Waals surface area contributed by atoms with E-state index < -0.39 is 39.7 Å².